The number of carbonyl (C=O) groups is 1. The third-order valence-electron chi connectivity index (χ3n) is 1.90. The summed E-state index contributed by atoms with van der Waals surface area (Å²) in [7, 11) is 0. The number of rotatable bonds is 2. The lowest BCUT2D eigenvalue weighted by atomic mass is 10.2. The quantitative estimate of drug-likeness (QED) is 0.722. The normalized spacial score (nSPS) is 10.3. The Labute approximate surface area is 101 Å². The molecule has 1 aromatic carbocycles. The summed E-state index contributed by atoms with van der Waals surface area (Å²) in [6.45, 7) is 0. The minimum atomic E-state index is 0.596. The standard InChI is InChI=1S/C11H6Cl2OS/c12-9-2-8(3-10(13)4-9)11-1-7(5-14)6-15-11/h1-6H. The molecule has 0 bridgehead atoms. The van der Waals surface area contributed by atoms with Crippen LogP contribution in [0.1, 0.15) is 10.4 Å². The van der Waals surface area contributed by atoms with Crippen molar-refractivity contribution in [1.82, 2.24) is 0 Å². The van der Waals surface area contributed by atoms with Crippen molar-refractivity contribution in [2.75, 3.05) is 0 Å². The van der Waals surface area contributed by atoms with E-state index in [4.69, 9.17) is 23.2 Å². The highest BCUT2D eigenvalue weighted by molar-refractivity contribution is 7.13. The van der Waals surface area contributed by atoms with E-state index in [-0.39, 0.29) is 0 Å². The molecule has 0 atom stereocenters. The fourth-order valence-corrected chi connectivity index (χ4v) is 2.63. The number of hydrogen-bond acceptors (Lipinski definition) is 2. The second-order valence-corrected chi connectivity index (χ2v) is 4.80. The lowest BCUT2D eigenvalue weighted by Crippen LogP contribution is -1.74. The van der Waals surface area contributed by atoms with Gasteiger partial charge >= 0.3 is 0 Å². The van der Waals surface area contributed by atoms with Crippen molar-refractivity contribution in [1.29, 1.82) is 0 Å². The molecule has 76 valence electrons. The van der Waals surface area contributed by atoms with Crippen LogP contribution in [0.5, 0.6) is 0 Å². The number of aldehydes is 1. The smallest absolute Gasteiger partial charge is 0.150 e. The highest BCUT2D eigenvalue weighted by Gasteiger charge is 2.04. The van der Waals surface area contributed by atoms with Crippen LogP contribution < -0.4 is 0 Å². The minimum absolute atomic E-state index is 0.596. The van der Waals surface area contributed by atoms with Crippen molar-refractivity contribution < 1.29 is 4.79 Å². The SMILES string of the molecule is O=Cc1csc(-c2cc(Cl)cc(Cl)c2)c1. The Morgan fingerprint density at radius 1 is 1.07 bits per heavy atom. The molecule has 1 nitrogen and oxygen atoms in total. The highest BCUT2D eigenvalue weighted by Crippen LogP contribution is 2.31. The predicted molar refractivity (Wildman–Crippen MR) is 65.2 cm³/mol. The van der Waals surface area contributed by atoms with Crippen molar-refractivity contribution in [2.45, 2.75) is 0 Å². The first kappa shape index (κ1) is 10.7. The molecule has 0 aliphatic heterocycles. The van der Waals surface area contributed by atoms with E-state index in [0.29, 0.717) is 15.6 Å². The molecule has 15 heavy (non-hydrogen) atoms. The zero-order valence-electron chi connectivity index (χ0n) is 7.54. The van der Waals surface area contributed by atoms with Crippen LogP contribution in [0.15, 0.2) is 29.6 Å². The van der Waals surface area contributed by atoms with E-state index in [2.05, 4.69) is 0 Å². The second-order valence-electron chi connectivity index (χ2n) is 3.02. The van der Waals surface area contributed by atoms with Gasteiger partial charge in [-0.05, 0) is 29.8 Å². The number of thiophene rings is 1. The molecular formula is C11H6Cl2OS. The van der Waals surface area contributed by atoms with Gasteiger partial charge in [0.25, 0.3) is 0 Å². The summed E-state index contributed by atoms with van der Waals surface area (Å²) < 4.78 is 0. The molecule has 0 aliphatic rings. The fraction of sp³-hybridized carbons (Fsp3) is 0. The van der Waals surface area contributed by atoms with E-state index in [0.717, 1.165) is 16.7 Å². The molecule has 2 rings (SSSR count). The molecule has 4 heteroatoms. The Hall–Kier alpha value is -0.830. The molecular weight excluding hydrogens is 251 g/mol. The van der Waals surface area contributed by atoms with Crippen LogP contribution in [0.2, 0.25) is 10.0 Å². The summed E-state index contributed by atoms with van der Waals surface area (Å²) in [6.07, 6.45) is 0.826. The van der Waals surface area contributed by atoms with Gasteiger partial charge in [0.05, 0.1) is 0 Å². The molecule has 0 spiro atoms. The molecule has 0 N–H and O–H groups in total. The monoisotopic (exact) mass is 256 g/mol. The Kier molecular flexibility index (Phi) is 3.10. The van der Waals surface area contributed by atoms with Crippen molar-refractivity contribution >= 4 is 40.8 Å². The maximum atomic E-state index is 10.5. The Bertz CT molecular complexity index is 485. The van der Waals surface area contributed by atoms with Crippen LogP contribution in [-0.4, -0.2) is 6.29 Å². The molecule has 0 aliphatic carbocycles. The number of hydrogen-bond donors (Lipinski definition) is 0. The first-order valence-corrected chi connectivity index (χ1v) is 5.83. The summed E-state index contributed by atoms with van der Waals surface area (Å²) in [5.74, 6) is 0. The van der Waals surface area contributed by atoms with Gasteiger partial charge in [0.15, 0.2) is 6.29 Å². The van der Waals surface area contributed by atoms with E-state index in [9.17, 15) is 4.79 Å². The molecule has 0 saturated carbocycles. The third kappa shape index (κ3) is 2.40. The van der Waals surface area contributed by atoms with Crippen LogP contribution in [0, 0.1) is 0 Å². The van der Waals surface area contributed by atoms with E-state index in [1.165, 1.54) is 11.3 Å². The molecule has 0 radical (unpaired) electrons. The van der Waals surface area contributed by atoms with Gasteiger partial charge in [-0.1, -0.05) is 23.2 Å². The Morgan fingerprint density at radius 3 is 2.27 bits per heavy atom. The lowest BCUT2D eigenvalue weighted by Gasteiger charge is -1.99. The maximum absolute atomic E-state index is 10.5. The average molecular weight is 257 g/mol. The molecule has 0 amide bonds. The maximum Gasteiger partial charge on any atom is 0.150 e. The summed E-state index contributed by atoms with van der Waals surface area (Å²) in [5, 5.41) is 2.99. The number of carbonyl (C=O) groups excluding carboxylic acids is 1. The molecule has 1 heterocycles. The van der Waals surface area contributed by atoms with Gasteiger partial charge < -0.3 is 0 Å². The summed E-state index contributed by atoms with van der Waals surface area (Å²) in [5.41, 5.74) is 1.61. The van der Waals surface area contributed by atoms with Gasteiger partial charge in [0, 0.05) is 25.9 Å². The molecule has 0 fully saturated rings. The summed E-state index contributed by atoms with van der Waals surface area (Å²) in [6, 6.07) is 7.15. The first-order valence-electron chi connectivity index (χ1n) is 4.19. The van der Waals surface area contributed by atoms with Crippen LogP contribution in [0.4, 0.5) is 0 Å². The highest BCUT2D eigenvalue weighted by atomic mass is 35.5. The Morgan fingerprint density at radius 2 is 1.73 bits per heavy atom. The summed E-state index contributed by atoms with van der Waals surface area (Å²) in [4.78, 5) is 11.5. The zero-order chi connectivity index (χ0) is 10.8. The topological polar surface area (TPSA) is 17.1 Å². The molecule has 1 aromatic heterocycles. The Balaban J connectivity index is 2.48. The van der Waals surface area contributed by atoms with E-state index < -0.39 is 0 Å². The van der Waals surface area contributed by atoms with Gasteiger partial charge in [-0.15, -0.1) is 11.3 Å². The third-order valence-corrected chi connectivity index (χ3v) is 3.34. The van der Waals surface area contributed by atoms with E-state index >= 15 is 0 Å². The van der Waals surface area contributed by atoms with Gasteiger partial charge in [-0.3, -0.25) is 4.79 Å². The van der Waals surface area contributed by atoms with E-state index in [1.807, 2.05) is 18.2 Å². The van der Waals surface area contributed by atoms with Gasteiger partial charge in [-0.2, -0.15) is 0 Å². The largest absolute Gasteiger partial charge is 0.298 e. The lowest BCUT2D eigenvalue weighted by molar-refractivity contribution is 0.112. The van der Waals surface area contributed by atoms with Gasteiger partial charge in [0.2, 0.25) is 0 Å². The van der Waals surface area contributed by atoms with Crippen molar-refractivity contribution in [2.24, 2.45) is 0 Å². The molecule has 0 saturated heterocycles. The van der Waals surface area contributed by atoms with E-state index in [1.54, 1.807) is 11.4 Å². The zero-order valence-corrected chi connectivity index (χ0v) is 9.86. The average Bonchev–Trinajstić information content (AvgIpc) is 2.64. The number of benzene rings is 1. The predicted octanol–water partition coefficient (Wildman–Crippen LogP) is 4.53. The van der Waals surface area contributed by atoms with Crippen molar-refractivity contribution in [3.05, 3.63) is 45.3 Å². The second kappa shape index (κ2) is 4.35. The van der Waals surface area contributed by atoms with Crippen molar-refractivity contribution in [3.63, 3.8) is 0 Å². The van der Waals surface area contributed by atoms with Gasteiger partial charge in [-0.25, -0.2) is 0 Å². The molecule has 2 aromatic rings. The fourth-order valence-electron chi connectivity index (χ4n) is 1.26. The number of halogens is 2. The summed E-state index contributed by atoms with van der Waals surface area (Å²) >= 11 is 13.3. The van der Waals surface area contributed by atoms with Crippen molar-refractivity contribution in [3.8, 4) is 10.4 Å². The molecule has 0 unspecified atom stereocenters. The van der Waals surface area contributed by atoms with Crippen LogP contribution >= 0.6 is 34.5 Å². The minimum Gasteiger partial charge on any atom is -0.298 e. The first-order chi connectivity index (χ1) is 7.19. The van der Waals surface area contributed by atoms with Crippen LogP contribution in [0.3, 0.4) is 0 Å². The van der Waals surface area contributed by atoms with Gasteiger partial charge in [0.1, 0.15) is 0 Å². The van der Waals surface area contributed by atoms with Crippen LogP contribution in [-0.2, 0) is 0 Å². The van der Waals surface area contributed by atoms with Crippen LogP contribution in [0.25, 0.3) is 10.4 Å².